The zero-order valence-electron chi connectivity index (χ0n) is 34.6. The first kappa shape index (κ1) is 47.7. The van der Waals surface area contributed by atoms with Crippen LogP contribution in [0.3, 0.4) is 0 Å². The number of nitrogens with zero attached hydrogens (tertiary/aromatic N) is 3. The molecule has 2 saturated heterocycles. The van der Waals surface area contributed by atoms with Crippen molar-refractivity contribution in [3.63, 3.8) is 0 Å². The van der Waals surface area contributed by atoms with E-state index in [9.17, 15) is 10.3 Å². The van der Waals surface area contributed by atoms with Gasteiger partial charge in [0.2, 0.25) is 0 Å². The molecular weight excluding hydrogens is 678 g/mol. The van der Waals surface area contributed by atoms with Gasteiger partial charge in [0.05, 0.1) is 24.9 Å². The molecule has 12 nitrogen and oxygen atoms in total. The average Bonchev–Trinajstić information content (AvgIpc) is 3.44. The molecule has 0 saturated carbocycles. The molecule has 8 atom stereocenters. The van der Waals surface area contributed by atoms with E-state index in [1.807, 2.05) is 13.8 Å². The Balaban J connectivity index is 2.13. The van der Waals surface area contributed by atoms with Crippen LogP contribution in [0.5, 0.6) is 0 Å². The highest BCUT2D eigenvalue weighted by Gasteiger charge is 2.50. The van der Waals surface area contributed by atoms with Crippen LogP contribution in [0.15, 0.2) is 5.11 Å². The molecule has 2 rings (SSSR count). The van der Waals surface area contributed by atoms with Gasteiger partial charge in [-0.15, -0.1) is 0 Å². The van der Waals surface area contributed by atoms with Crippen LogP contribution >= 0.6 is 0 Å². The molecule has 2 aliphatic heterocycles. The average molecular weight is 756 g/mol. The maximum atomic E-state index is 11.9. The number of carbonyl (C=O) groups is 1. The molecule has 310 valence electrons. The van der Waals surface area contributed by atoms with Crippen LogP contribution in [-0.4, -0.2) is 93.7 Å². The van der Waals surface area contributed by atoms with Crippen LogP contribution in [0, 0.1) is 0 Å². The van der Waals surface area contributed by atoms with Gasteiger partial charge in [0.1, 0.15) is 31.0 Å². The molecule has 53 heavy (non-hydrogen) atoms. The van der Waals surface area contributed by atoms with Crippen LogP contribution in [0.25, 0.3) is 10.4 Å². The van der Waals surface area contributed by atoms with Gasteiger partial charge in [-0.2, -0.15) is 0 Å². The van der Waals surface area contributed by atoms with Crippen LogP contribution in [0.4, 0.5) is 0 Å². The van der Waals surface area contributed by atoms with Crippen LogP contribution < -0.4 is 0 Å². The second-order valence-electron chi connectivity index (χ2n) is 15.3. The Labute approximate surface area is 322 Å². The Hall–Kier alpha value is -1.50. The number of esters is 1. The van der Waals surface area contributed by atoms with E-state index in [-0.39, 0.29) is 19.3 Å². The summed E-state index contributed by atoms with van der Waals surface area (Å²) in [4.78, 5) is 15.1. The Bertz CT molecular complexity index is 982. The standard InChI is InChI=1S/C41H77N3O9/c1-8-12-16-17-18-19-20-21-22-23-24-25-26-34-36(53-41(6,7)52-34)33(43-44-42)30-50-40-39(48-29-15-11-4)38(47-28-14-10-3)37(46-27-13-9-2)35(51-40)31-49-32(5)45/h33-40H,8-31H2,1-7H3/t33-,34+,35?,36-,37+,38?,39?,40-/m0/s1. The van der Waals surface area contributed by atoms with E-state index in [1.54, 1.807) is 0 Å². The molecule has 0 bridgehead atoms. The second kappa shape index (κ2) is 28.8. The van der Waals surface area contributed by atoms with Crippen LogP contribution in [-0.2, 0) is 42.7 Å². The van der Waals surface area contributed by atoms with Gasteiger partial charge in [-0.1, -0.05) is 129 Å². The van der Waals surface area contributed by atoms with Crippen molar-refractivity contribution in [3.05, 3.63) is 10.4 Å². The van der Waals surface area contributed by atoms with Crippen LogP contribution in [0.2, 0.25) is 0 Å². The number of rotatable bonds is 32. The lowest BCUT2D eigenvalue weighted by atomic mass is 9.97. The topological polar surface area (TPSA) is 140 Å². The molecule has 0 amide bonds. The van der Waals surface area contributed by atoms with Crippen molar-refractivity contribution in [2.75, 3.05) is 33.0 Å². The molecule has 2 fully saturated rings. The Morgan fingerprint density at radius 3 is 1.72 bits per heavy atom. The number of unbranched alkanes of at least 4 members (excludes halogenated alkanes) is 14. The Morgan fingerprint density at radius 1 is 0.679 bits per heavy atom. The van der Waals surface area contributed by atoms with Gasteiger partial charge in [0.15, 0.2) is 12.1 Å². The summed E-state index contributed by atoms with van der Waals surface area (Å²) in [5, 5.41) is 4.17. The molecule has 12 heteroatoms. The number of ether oxygens (including phenoxy) is 8. The highest BCUT2D eigenvalue weighted by Crippen LogP contribution is 2.35. The quantitative estimate of drug-likeness (QED) is 0.0216. The molecule has 2 aliphatic rings. The lowest BCUT2D eigenvalue weighted by Gasteiger charge is -2.46. The zero-order valence-corrected chi connectivity index (χ0v) is 34.6. The molecule has 0 aromatic heterocycles. The monoisotopic (exact) mass is 756 g/mol. The van der Waals surface area contributed by atoms with Crippen molar-refractivity contribution in [1.29, 1.82) is 0 Å². The third kappa shape index (κ3) is 19.3. The first-order valence-corrected chi connectivity index (χ1v) is 21.4. The van der Waals surface area contributed by atoms with Crippen molar-refractivity contribution in [2.45, 2.75) is 225 Å². The van der Waals surface area contributed by atoms with Gasteiger partial charge >= 0.3 is 5.97 Å². The van der Waals surface area contributed by atoms with E-state index in [0.29, 0.717) is 19.8 Å². The van der Waals surface area contributed by atoms with Gasteiger partial charge in [0.25, 0.3) is 0 Å². The molecule has 0 aromatic carbocycles. The number of hydrogen-bond donors (Lipinski definition) is 0. The normalized spacial score (nSPS) is 26.0. The summed E-state index contributed by atoms with van der Waals surface area (Å²) in [6.07, 6.45) is 17.7. The summed E-state index contributed by atoms with van der Waals surface area (Å²) in [6.45, 7) is 15.3. The molecule has 0 aromatic rings. The summed E-state index contributed by atoms with van der Waals surface area (Å²) in [5.74, 6) is -1.23. The lowest BCUT2D eigenvalue weighted by Crippen LogP contribution is -2.62. The van der Waals surface area contributed by atoms with E-state index in [4.69, 9.17) is 37.9 Å². The van der Waals surface area contributed by atoms with Gasteiger partial charge in [-0.3, -0.25) is 4.79 Å². The molecule has 0 N–H and O–H groups in total. The predicted octanol–water partition coefficient (Wildman–Crippen LogP) is 10.1. The molecular formula is C41H77N3O9. The fourth-order valence-corrected chi connectivity index (χ4v) is 7.06. The third-order valence-corrected chi connectivity index (χ3v) is 10.0. The second-order valence-corrected chi connectivity index (χ2v) is 15.3. The van der Waals surface area contributed by atoms with E-state index in [1.165, 1.54) is 71.1 Å². The highest BCUT2D eigenvalue weighted by atomic mass is 16.8. The Kier molecular flexibility index (Phi) is 25.9. The van der Waals surface area contributed by atoms with Gasteiger partial charge in [0, 0.05) is 31.7 Å². The van der Waals surface area contributed by atoms with Gasteiger partial charge < -0.3 is 37.9 Å². The van der Waals surface area contributed by atoms with Crippen LogP contribution in [0.1, 0.15) is 170 Å². The minimum Gasteiger partial charge on any atom is -0.463 e. The number of carbonyl (C=O) groups excluding carboxylic acids is 1. The van der Waals surface area contributed by atoms with Crippen molar-refractivity contribution in [2.24, 2.45) is 5.11 Å². The number of hydrogen-bond acceptors (Lipinski definition) is 10. The third-order valence-electron chi connectivity index (χ3n) is 10.0. The maximum Gasteiger partial charge on any atom is 0.302 e. The highest BCUT2D eigenvalue weighted by molar-refractivity contribution is 5.65. The fourth-order valence-electron chi connectivity index (χ4n) is 7.06. The molecule has 2 heterocycles. The minimum absolute atomic E-state index is 0.0179. The lowest BCUT2D eigenvalue weighted by molar-refractivity contribution is -0.323. The van der Waals surface area contributed by atoms with Gasteiger partial charge in [-0.05, 0) is 45.1 Å². The summed E-state index contributed by atoms with van der Waals surface area (Å²) in [6, 6.07) is -0.672. The molecule has 0 aliphatic carbocycles. The van der Waals surface area contributed by atoms with E-state index < -0.39 is 54.6 Å². The first-order chi connectivity index (χ1) is 25.7. The first-order valence-electron chi connectivity index (χ1n) is 21.4. The van der Waals surface area contributed by atoms with Crippen molar-refractivity contribution in [1.82, 2.24) is 0 Å². The molecule has 3 unspecified atom stereocenters. The summed E-state index contributed by atoms with van der Waals surface area (Å²) >= 11 is 0. The van der Waals surface area contributed by atoms with Crippen molar-refractivity contribution >= 4 is 5.97 Å². The van der Waals surface area contributed by atoms with E-state index in [0.717, 1.165) is 57.8 Å². The SMILES string of the molecule is CCCCCCCCCCCCCC[C@H]1OC(C)(C)O[C@H]1[C@H](CO[C@H]1OC(COC(C)=O)[C@@H](OCCCC)C(OCCCC)C1OCCCC)N=[N+]=[N-]. The predicted molar refractivity (Wildman–Crippen MR) is 208 cm³/mol. The van der Waals surface area contributed by atoms with E-state index in [2.05, 4.69) is 37.7 Å². The van der Waals surface area contributed by atoms with Crippen molar-refractivity contribution < 1.29 is 42.7 Å². The summed E-state index contributed by atoms with van der Waals surface area (Å²) in [5.41, 5.74) is 9.66. The molecule has 0 radical (unpaired) electrons. The minimum atomic E-state index is -0.897. The van der Waals surface area contributed by atoms with Gasteiger partial charge in [-0.25, -0.2) is 0 Å². The molecule has 0 spiro atoms. The van der Waals surface area contributed by atoms with E-state index >= 15 is 0 Å². The smallest absolute Gasteiger partial charge is 0.302 e. The fraction of sp³-hybridized carbons (Fsp3) is 0.976. The number of azide groups is 1. The summed E-state index contributed by atoms with van der Waals surface area (Å²) in [7, 11) is 0. The van der Waals surface area contributed by atoms with Crippen molar-refractivity contribution in [3.8, 4) is 0 Å². The maximum absolute atomic E-state index is 11.9. The zero-order chi connectivity index (χ0) is 38.7. The largest absolute Gasteiger partial charge is 0.463 e. The summed E-state index contributed by atoms with van der Waals surface area (Å²) < 4.78 is 50.6. The Morgan fingerprint density at radius 2 is 1.19 bits per heavy atom.